The van der Waals surface area contributed by atoms with E-state index in [-0.39, 0.29) is 0 Å². The van der Waals surface area contributed by atoms with Gasteiger partial charge in [-0.3, -0.25) is 4.98 Å². The first-order chi connectivity index (χ1) is 11.0. The Labute approximate surface area is 147 Å². The second kappa shape index (κ2) is 8.46. The lowest BCUT2D eigenvalue weighted by Gasteiger charge is -2.13. The molecular weight excluding hydrogens is 333 g/mol. The van der Waals surface area contributed by atoms with Crippen molar-refractivity contribution in [1.82, 2.24) is 15.0 Å². The van der Waals surface area contributed by atoms with Gasteiger partial charge in [0, 0.05) is 24.1 Å². The average molecular weight is 354 g/mol. The van der Waals surface area contributed by atoms with Crippen LogP contribution in [0.2, 0.25) is 5.02 Å². The number of ether oxygens (including phenoxy) is 1. The number of aryl methyl sites for hydroxylation is 2. The van der Waals surface area contributed by atoms with Gasteiger partial charge < -0.3 is 4.74 Å². The van der Waals surface area contributed by atoms with E-state index in [1.54, 1.807) is 6.20 Å². The third kappa shape index (κ3) is 4.79. The van der Waals surface area contributed by atoms with Crippen molar-refractivity contribution in [1.29, 1.82) is 0 Å². The summed E-state index contributed by atoms with van der Waals surface area (Å²) in [5.41, 5.74) is 3.52. The maximum absolute atomic E-state index is 6.33. The van der Waals surface area contributed by atoms with Crippen LogP contribution in [-0.2, 0) is 6.42 Å². The number of unbranched alkanes of at least 4 members (excludes halogenated alkanes) is 1. The van der Waals surface area contributed by atoms with Crippen molar-refractivity contribution >= 4 is 23.2 Å². The summed E-state index contributed by atoms with van der Waals surface area (Å²) in [7, 11) is 0. The van der Waals surface area contributed by atoms with Crippen molar-refractivity contribution in [2.45, 2.75) is 40.0 Å². The number of alkyl halides is 1. The second-order valence-electron chi connectivity index (χ2n) is 5.42. The van der Waals surface area contributed by atoms with Crippen LogP contribution in [-0.4, -0.2) is 27.4 Å². The Kier molecular flexibility index (Phi) is 6.60. The number of halogens is 2. The molecule has 0 bridgehead atoms. The van der Waals surface area contributed by atoms with Crippen molar-refractivity contribution in [3.05, 3.63) is 45.8 Å². The topological polar surface area (TPSA) is 47.9 Å². The highest BCUT2D eigenvalue weighted by Crippen LogP contribution is 2.25. The van der Waals surface area contributed by atoms with Gasteiger partial charge in [-0.25, -0.2) is 9.97 Å². The van der Waals surface area contributed by atoms with Gasteiger partial charge in [0.25, 0.3) is 0 Å². The monoisotopic (exact) mass is 353 g/mol. The molecule has 0 fully saturated rings. The van der Waals surface area contributed by atoms with Crippen molar-refractivity contribution in [2.75, 3.05) is 12.5 Å². The molecule has 0 saturated heterocycles. The highest BCUT2D eigenvalue weighted by atomic mass is 35.5. The highest BCUT2D eigenvalue weighted by Gasteiger charge is 2.13. The van der Waals surface area contributed by atoms with Crippen molar-refractivity contribution in [3.8, 4) is 5.75 Å². The van der Waals surface area contributed by atoms with E-state index in [4.69, 9.17) is 27.9 Å². The van der Waals surface area contributed by atoms with Crippen LogP contribution in [0.4, 0.5) is 0 Å². The summed E-state index contributed by atoms with van der Waals surface area (Å²) in [5.74, 6) is 2.23. The molecule has 0 aliphatic rings. The Bertz CT molecular complexity index is 677. The average Bonchev–Trinajstić information content (AvgIpc) is 2.52. The molecule has 2 heterocycles. The van der Waals surface area contributed by atoms with Crippen LogP contribution < -0.4 is 4.74 Å². The van der Waals surface area contributed by atoms with Crippen LogP contribution in [0, 0.1) is 20.8 Å². The maximum Gasteiger partial charge on any atom is 0.125 e. The van der Waals surface area contributed by atoms with E-state index in [0.717, 1.165) is 41.2 Å². The van der Waals surface area contributed by atoms with Crippen molar-refractivity contribution in [2.24, 2.45) is 0 Å². The smallest absolute Gasteiger partial charge is 0.125 e. The minimum atomic E-state index is 0.563. The summed E-state index contributed by atoms with van der Waals surface area (Å²) in [6.45, 7) is 6.41. The van der Waals surface area contributed by atoms with Crippen molar-refractivity contribution in [3.63, 3.8) is 0 Å². The zero-order valence-corrected chi connectivity index (χ0v) is 15.2. The third-order valence-corrected chi connectivity index (χ3v) is 4.34. The summed E-state index contributed by atoms with van der Waals surface area (Å²) in [4.78, 5) is 13.2. The van der Waals surface area contributed by atoms with Gasteiger partial charge in [0.1, 0.15) is 11.6 Å². The van der Waals surface area contributed by atoms with E-state index in [2.05, 4.69) is 15.0 Å². The van der Waals surface area contributed by atoms with E-state index in [1.807, 2.05) is 26.8 Å². The fraction of sp³-hybridized carbons (Fsp3) is 0.471. The number of nitrogens with zero attached hydrogens (tertiary/aromatic N) is 3. The van der Waals surface area contributed by atoms with Gasteiger partial charge in [-0.2, -0.15) is 0 Å². The van der Waals surface area contributed by atoms with Crippen LogP contribution >= 0.6 is 23.2 Å². The van der Waals surface area contributed by atoms with E-state index in [0.29, 0.717) is 29.8 Å². The number of hydrogen-bond donors (Lipinski definition) is 0. The molecule has 2 rings (SSSR count). The van der Waals surface area contributed by atoms with Gasteiger partial charge in [-0.05, 0) is 39.7 Å². The quantitative estimate of drug-likeness (QED) is 0.545. The van der Waals surface area contributed by atoms with Crippen LogP contribution in [0.25, 0.3) is 0 Å². The molecular formula is C17H21Cl2N3O. The zero-order valence-electron chi connectivity index (χ0n) is 13.7. The van der Waals surface area contributed by atoms with Gasteiger partial charge in [-0.15, -0.1) is 11.6 Å². The zero-order chi connectivity index (χ0) is 16.8. The molecule has 0 N–H and O–H groups in total. The number of pyridine rings is 1. The Balaban J connectivity index is 2.18. The summed E-state index contributed by atoms with van der Waals surface area (Å²) in [6, 6.07) is 1.89. The first kappa shape index (κ1) is 18.0. The van der Waals surface area contributed by atoms with E-state index >= 15 is 0 Å². The molecule has 0 aromatic carbocycles. The molecule has 0 radical (unpaired) electrons. The van der Waals surface area contributed by atoms with Crippen LogP contribution in [0.15, 0.2) is 12.3 Å². The summed E-state index contributed by atoms with van der Waals surface area (Å²) >= 11 is 12.0. The normalized spacial score (nSPS) is 10.8. The van der Waals surface area contributed by atoms with E-state index in [9.17, 15) is 0 Å². The van der Waals surface area contributed by atoms with Crippen LogP contribution in [0.3, 0.4) is 0 Å². The molecule has 0 aliphatic heterocycles. The molecule has 0 spiro atoms. The molecule has 4 nitrogen and oxygen atoms in total. The van der Waals surface area contributed by atoms with Crippen molar-refractivity contribution < 1.29 is 4.74 Å². The molecule has 2 aromatic heterocycles. The summed E-state index contributed by atoms with van der Waals surface area (Å²) in [5, 5.41) is 0.602. The lowest BCUT2D eigenvalue weighted by molar-refractivity contribution is 0.307. The Morgan fingerprint density at radius 2 is 1.87 bits per heavy atom. The molecule has 0 saturated carbocycles. The minimum Gasteiger partial charge on any atom is -0.493 e. The summed E-state index contributed by atoms with van der Waals surface area (Å²) < 4.78 is 5.83. The number of rotatable bonds is 7. The van der Waals surface area contributed by atoms with Gasteiger partial charge in [0.15, 0.2) is 0 Å². The predicted octanol–water partition coefficient (Wildman–Crippen LogP) is 4.44. The Morgan fingerprint density at radius 3 is 2.61 bits per heavy atom. The molecule has 0 amide bonds. The SMILES string of the molecule is Cc1nc(C)c(Cl)c(Cc2nccc(OCCCCCl)c2C)n1. The van der Waals surface area contributed by atoms with Gasteiger partial charge in [0.2, 0.25) is 0 Å². The van der Waals surface area contributed by atoms with E-state index < -0.39 is 0 Å². The molecule has 6 heteroatoms. The molecule has 0 atom stereocenters. The standard InChI is InChI=1S/C17H21Cl2N3O/c1-11-14(10-15-17(19)12(2)21-13(3)22-15)20-8-6-16(11)23-9-5-4-7-18/h6,8H,4-5,7,9-10H2,1-3H3. The second-order valence-corrected chi connectivity index (χ2v) is 6.17. The number of aromatic nitrogens is 3. The predicted molar refractivity (Wildman–Crippen MR) is 93.7 cm³/mol. The fourth-order valence-electron chi connectivity index (χ4n) is 2.32. The molecule has 0 unspecified atom stereocenters. The molecule has 2 aromatic rings. The lowest BCUT2D eigenvalue weighted by atomic mass is 10.1. The largest absolute Gasteiger partial charge is 0.493 e. The summed E-state index contributed by atoms with van der Waals surface area (Å²) in [6.07, 6.45) is 4.21. The fourth-order valence-corrected chi connectivity index (χ4v) is 2.66. The van der Waals surface area contributed by atoms with Gasteiger partial charge >= 0.3 is 0 Å². The molecule has 23 heavy (non-hydrogen) atoms. The minimum absolute atomic E-state index is 0.563. The first-order valence-electron chi connectivity index (χ1n) is 7.65. The van der Waals surface area contributed by atoms with E-state index in [1.165, 1.54) is 0 Å². The van der Waals surface area contributed by atoms with Crippen LogP contribution in [0.5, 0.6) is 5.75 Å². The molecule has 124 valence electrons. The number of hydrogen-bond acceptors (Lipinski definition) is 4. The maximum atomic E-state index is 6.33. The highest BCUT2D eigenvalue weighted by molar-refractivity contribution is 6.31. The Hall–Kier alpha value is -1.39. The third-order valence-electron chi connectivity index (χ3n) is 3.58. The Morgan fingerprint density at radius 1 is 1.09 bits per heavy atom. The first-order valence-corrected chi connectivity index (χ1v) is 8.57. The van der Waals surface area contributed by atoms with Crippen LogP contribution in [0.1, 0.15) is 41.3 Å². The van der Waals surface area contributed by atoms with Gasteiger partial charge in [0.05, 0.1) is 28.7 Å². The molecule has 0 aliphatic carbocycles. The van der Waals surface area contributed by atoms with Gasteiger partial charge in [-0.1, -0.05) is 11.6 Å². The lowest BCUT2D eigenvalue weighted by Crippen LogP contribution is -2.06.